The van der Waals surface area contributed by atoms with Crippen molar-refractivity contribution in [1.29, 1.82) is 0 Å². The number of amides is 2. The summed E-state index contributed by atoms with van der Waals surface area (Å²) in [6.45, 7) is 2.13. The van der Waals surface area contributed by atoms with Crippen molar-refractivity contribution in [3.8, 4) is 0 Å². The molecule has 0 aliphatic carbocycles. The van der Waals surface area contributed by atoms with E-state index in [0.29, 0.717) is 42.2 Å². The van der Waals surface area contributed by atoms with Gasteiger partial charge >= 0.3 is 0 Å². The molecule has 5 rings (SSSR count). The summed E-state index contributed by atoms with van der Waals surface area (Å²) in [5, 5.41) is 0.532. The lowest BCUT2D eigenvalue weighted by atomic mass is 9.76. The molecular formula is C21H24N4O3. The lowest BCUT2D eigenvalue weighted by Crippen LogP contribution is -2.61. The van der Waals surface area contributed by atoms with Crippen LogP contribution in [0.1, 0.15) is 25.7 Å². The second-order valence-corrected chi connectivity index (χ2v) is 8.36. The Kier molecular flexibility index (Phi) is 4.18. The molecule has 7 heteroatoms. The Morgan fingerprint density at radius 1 is 1.14 bits per heavy atom. The summed E-state index contributed by atoms with van der Waals surface area (Å²) in [7, 11) is 0. The molecule has 28 heavy (non-hydrogen) atoms. The van der Waals surface area contributed by atoms with E-state index in [1.807, 2.05) is 11.0 Å². The number of piperidine rings is 3. The highest BCUT2D eigenvalue weighted by Crippen LogP contribution is 2.37. The number of aromatic nitrogens is 2. The highest BCUT2D eigenvalue weighted by Gasteiger charge is 2.44. The van der Waals surface area contributed by atoms with Gasteiger partial charge in [-0.1, -0.05) is 12.1 Å². The third kappa shape index (κ3) is 2.89. The number of carbonyl (C=O) groups excluding carboxylic acids is 2. The first-order valence-electron chi connectivity index (χ1n) is 10.1. The highest BCUT2D eigenvalue weighted by molar-refractivity contribution is 5.79. The minimum Gasteiger partial charge on any atom is -0.340 e. The van der Waals surface area contributed by atoms with Gasteiger partial charge in [0.2, 0.25) is 11.8 Å². The number of rotatable bonds is 2. The van der Waals surface area contributed by atoms with Gasteiger partial charge in [-0.2, -0.15) is 0 Å². The highest BCUT2D eigenvalue weighted by atomic mass is 16.2. The molecule has 2 bridgehead atoms. The lowest BCUT2D eigenvalue weighted by Gasteiger charge is -2.52. The fourth-order valence-corrected chi connectivity index (χ4v) is 5.28. The number of nitrogens with zero attached hydrogens (tertiary/aromatic N) is 4. The van der Waals surface area contributed by atoms with Crippen LogP contribution in [0, 0.1) is 11.8 Å². The van der Waals surface area contributed by atoms with Crippen molar-refractivity contribution in [2.24, 2.45) is 11.8 Å². The summed E-state index contributed by atoms with van der Waals surface area (Å²) < 4.78 is 1.41. The first-order chi connectivity index (χ1) is 13.6. The molecule has 0 saturated carbocycles. The van der Waals surface area contributed by atoms with E-state index in [-0.39, 0.29) is 30.0 Å². The first kappa shape index (κ1) is 17.4. The van der Waals surface area contributed by atoms with Gasteiger partial charge < -0.3 is 9.80 Å². The molecule has 3 aliphatic rings. The van der Waals surface area contributed by atoms with Crippen LogP contribution in [0.3, 0.4) is 0 Å². The number of hydrogen-bond acceptors (Lipinski definition) is 4. The zero-order valence-corrected chi connectivity index (χ0v) is 15.8. The third-order valence-electron chi connectivity index (χ3n) is 6.57. The van der Waals surface area contributed by atoms with Crippen LogP contribution in [0.4, 0.5) is 0 Å². The molecule has 7 nitrogen and oxygen atoms in total. The van der Waals surface area contributed by atoms with Gasteiger partial charge in [0, 0.05) is 32.1 Å². The molecule has 4 heterocycles. The monoisotopic (exact) mass is 380 g/mol. The molecule has 3 atom stereocenters. The molecule has 3 unspecified atom stereocenters. The number of benzene rings is 1. The maximum Gasteiger partial charge on any atom is 0.261 e. The Morgan fingerprint density at radius 3 is 2.89 bits per heavy atom. The van der Waals surface area contributed by atoms with Gasteiger partial charge in [-0.15, -0.1) is 0 Å². The minimum atomic E-state index is -0.180. The number of fused-ring (bicyclic) bond motifs is 5. The van der Waals surface area contributed by atoms with Crippen molar-refractivity contribution in [3.63, 3.8) is 0 Å². The Hall–Kier alpha value is -2.70. The molecule has 2 aromatic rings. The fraction of sp³-hybridized carbons (Fsp3) is 0.524. The standard InChI is InChI=1S/C21H24N4O3/c26-19-7-3-6-18-15-8-14(10-25(18)19)9-23(11-15)20(27)12-24-13-22-17-5-2-1-4-16(17)21(24)28/h1-2,4-5,13-15,18H,3,6-12H2. The van der Waals surface area contributed by atoms with Crippen LogP contribution in [0.5, 0.6) is 0 Å². The Labute approximate surface area is 162 Å². The van der Waals surface area contributed by atoms with E-state index >= 15 is 0 Å². The van der Waals surface area contributed by atoms with E-state index in [0.717, 1.165) is 25.8 Å². The van der Waals surface area contributed by atoms with Crippen molar-refractivity contribution in [3.05, 3.63) is 40.9 Å². The van der Waals surface area contributed by atoms with Gasteiger partial charge in [0.25, 0.3) is 5.56 Å². The van der Waals surface area contributed by atoms with Gasteiger partial charge in [-0.25, -0.2) is 4.98 Å². The molecule has 0 N–H and O–H groups in total. The zero-order valence-electron chi connectivity index (χ0n) is 15.8. The van der Waals surface area contributed by atoms with E-state index in [9.17, 15) is 14.4 Å². The van der Waals surface area contributed by atoms with Crippen molar-refractivity contribution >= 4 is 22.7 Å². The Balaban J connectivity index is 1.34. The lowest BCUT2D eigenvalue weighted by molar-refractivity contribution is -0.149. The molecule has 3 fully saturated rings. The molecule has 1 aromatic heterocycles. The van der Waals surface area contributed by atoms with Crippen LogP contribution >= 0.6 is 0 Å². The van der Waals surface area contributed by atoms with Crippen molar-refractivity contribution in [1.82, 2.24) is 19.4 Å². The summed E-state index contributed by atoms with van der Waals surface area (Å²) in [4.78, 5) is 46.2. The van der Waals surface area contributed by atoms with Gasteiger partial charge in [0.05, 0.1) is 17.2 Å². The number of carbonyl (C=O) groups is 2. The number of para-hydroxylation sites is 1. The smallest absolute Gasteiger partial charge is 0.261 e. The normalized spacial score (nSPS) is 27.0. The Morgan fingerprint density at radius 2 is 2.00 bits per heavy atom. The molecule has 3 saturated heterocycles. The quantitative estimate of drug-likeness (QED) is 0.786. The zero-order chi connectivity index (χ0) is 19.3. The van der Waals surface area contributed by atoms with E-state index in [1.165, 1.54) is 10.9 Å². The third-order valence-corrected chi connectivity index (χ3v) is 6.57. The summed E-state index contributed by atoms with van der Waals surface area (Å²) in [6.07, 6.45) is 5.22. The fourth-order valence-electron chi connectivity index (χ4n) is 5.28. The summed E-state index contributed by atoms with van der Waals surface area (Å²) >= 11 is 0. The van der Waals surface area contributed by atoms with Crippen LogP contribution in [0.15, 0.2) is 35.4 Å². The number of hydrogen-bond donors (Lipinski definition) is 0. The molecule has 1 aromatic carbocycles. The molecule has 3 aliphatic heterocycles. The average Bonchev–Trinajstić information content (AvgIpc) is 2.71. The van der Waals surface area contributed by atoms with Crippen LogP contribution in [-0.4, -0.2) is 56.8 Å². The van der Waals surface area contributed by atoms with Crippen molar-refractivity contribution in [2.45, 2.75) is 38.3 Å². The maximum absolute atomic E-state index is 13.0. The number of likely N-dealkylation sites (tertiary alicyclic amines) is 1. The predicted octanol–water partition coefficient (Wildman–Crippen LogP) is 1.26. The van der Waals surface area contributed by atoms with Gasteiger partial charge in [0.15, 0.2) is 0 Å². The van der Waals surface area contributed by atoms with Crippen LogP contribution in [0.2, 0.25) is 0 Å². The summed E-state index contributed by atoms with van der Waals surface area (Å²) in [6, 6.07) is 7.46. The van der Waals surface area contributed by atoms with Crippen LogP contribution < -0.4 is 5.56 Å². The van der Waals surface area contributed by atoms with E-state index in [1.54, 1.807) is 18.2 Å². The summed E-state index contributed by atoms with van der Waals surface area (Å²) in [5.74, 6) is 0.934. The molecule has 0 spiro atoms. The second kappa shape index (κ2) is 6.72. The molecule has 2 amide bonds. The average molecular weight is 380 g/mol. The summed E-state index contributed by atoms with van der Waals surface area (Å²) in [5.41, 5.74) is 0.464. The van der Waals surface area contributed by atoms with Gasteiger partial charge in [-0.05, 0) is 43.2 Å². The molecular weight excluding hydrogens is 356 g/mol. The minimum absolute atomic E-state index is 0.0173. The largest absolute Gasteiger partial charge is 0.340 e. The van der Waals surface area contributed by atoms with Crippen LogP contribution in [-0.2, 0) is 16.1 Å². The molecule has 0 radical (unpaired) electrons. The SMILES string of the molecule is O=C(Cn1cnc2ccccc2c1=O)N1CC2CC(C1)C1CCCC(=O)N1C2. The second-order valence-electron chi connectivity index (χ2n) is 8.36. The van der Waals surface area contributed by atoms with Gasteiger partial charge in [0.1, 0.15) is 6.54 Å². The predicted molar refractivity (Wildman–Crippen MR) is 104 cm³/mol. The van der Waals surface area contributed by atoms with E-state index in [4.69, 9.17) is 0 Å². The van der Waals surface area contributed by atoms with Gasteiger partial charge in [-0.3, -0.25) is 19.0 Å². The van der Waals surface area contributed by atoms with Crippen LogP contribution in [0.25, 0.3) is 10.9 Å². The maximum atomic E-state index is 13.0. The van der Waals surface area contributed by atoms with E-state index in [2.05, 4.69) is 9.88 Å². The van der Waals surface area contributed by atoms with E-state index < -0.39 is 0 Å². The first-order valence-corrected chi connectivity index (χ1v) is 10.1. The topological polar surface area (TPSA) is 75.5 Å². The van der Waals surface area contributed by atoms with Crippen molar-refractivity contribution < 1.29 is 9.59 Å². The van der Waals surface area contributed by atoms with Crippen molar-refractivity contribution in [2.75, 3.05) is 19.6 Å². The molecule has 146 valence electrons. The Bertz CT molecular complexity index is 1000.